The fourth-order valence-corrected chi connectivity index (χ4v) is 2.58. The molecule has 0 bridgehead atoms. The zero-order valence-corrected chi connectivity index (χ0v) is 14.5. The molecule has 0 amide bonds. The first-order valence-corrected chi connectivity index (χ1v) is 8.52. The molecular weight excluding hydrogens is 256 g/mol. The van der Waals surface area contributed by atoms with Gasteiger partial charge in [-0.3, -0.25) is 0 Å². The highest BCUT2D eigenvalue weighted by atomic mass is 15.1. The van der Waals surface area contributed by atoms with Crippen molar-refractivity contribution in [1.82, 2.24) is 10.2 Å². The van der Waals surface area contributed by atoms with Crippen molar-refractivity contribution in [1.29, 1.82) is 0 Å². The van der Waals surface area contributed by atoms with Crippen molar-refractivity contribution in [3.8, 4) is 0 Å². The Kier molecular flexibility index (Phi) is 9.36. The first-order valence-electron chi connectivity index (χ1n) is 8.52. The molecule has 0 saturated heterocycles. The predicted molar refractivity (Wildman–Crippen MR) is 93.7 cm³/mol. The van der Waals surface area contributed by atoms with Crippen LogP contribution >= 0.6 is 0 Å². The third-order valence-corrected chi connectivity index (χ3v) is 3.73. The molecule has 2 nitrogen and oxygen atoms in total. The normalized spacial score (nSPS) is 11.5. The van der Waals surface area contributed by atoms with Crippen molar-refractivity contribution in [3.63, 3.8) is 0 Å². The van der Waals surface area contributed by atoms with E-state index in [9.17, 15) is 0 Å². The Hall–Kier alpha value is -0.860. The van der Waals surface area contributed by atoms with Crippen LogP contribution in [0.5, 0.6) is 0 Å². The third-order valence-electron chi connectivity index (χ3n) is 3.73. The molecule has 0 unspecified atom stereocenters. The van der Waals surface area contributed by atoms with Crippen molar-refractivity contribution in [2.24, 2.45) is 5.92 Å². The lowest BCUT2D eigenvalue weighted by Crippen LogP contribution is -2.21. The summed E-state index contributed by atoms with van der Waals surface area (Å²) >= 11 is 0. The minimum Gasteiger partial charge on any atom is -0.316 e. The van der Waals surface area contributed by atoms with Gasteiger partial charge in [0.15, 0.2) is 0 Å². The standard InChI is InChI=1S/C19H34N2/c1-17(2)15-20-12-7-5-6-8-13-21(4)16-19-11-9-10-18(3)14-19/h9-11,14,17,20H,5-8,12-13,15-16H2,1-4H3. The van der Waals surface area contributed by atoms with E-state index in [1.54, 1.807) is 0 Å². The van der Waals surface area contributed by atoms with E-state index in [0.29, 0.717) is 0 Å². The van der Waals surface area contributed by atoms with E-state index < -0.39 is 0 Å². The van der Waals surface area contributed by atoms with Gasteiger partial charge in [0, 0.05) is 6.54 Å². The van der Waals surface area contributed by atoms with Crippen LogP contribution in [0.2, 0.25) is 0 Å². The molecule has 0 atom stereocenters. The zero-order chi connectivity index (χ0) is 15.5. The van der Waals surface area contributed by atoms with Crippen molar-refractivity contribution < 1.29 is 0 Å². The van der Waals surface area contributed by atoms with Crippen LogP contribution in [0.1, 0.15) is 50.7 Å². The van der Waals surface area contributed by atoms with Gasteiger partial charge in [0.1, 0.15) is 0 Å². The fraction of sp³-hybridized carbons (Fsp3) is 0.684. The maximum atomic E-state index is 3.51. The lowest BCUT2D eigenvalue weighted by atomic mass is 10.1. The number of hydrogen-bond donors (Lipinski definition) is 1. The first kappa shape index (κ1) is 18.2. The average molecular weight is 290 g/mol. The Bertz CT molecular complexity index is 374. The summed E-state index contributed by atoms with van der Waals surface area (Å²) in [6.07, 6.45) is 5.33. The van der Waals surface area contributed by atoms with E-state index in [1.807, 2.05) is 0 Å². The van der Waals surface area contributed by atoms with Gasteiger partial charge in [-0.2, -0.15) is 0 Å². The van der Waals surface area contributed by atoms with Crippen LogP contribution in [0, 0.1) is 12.8 Å². The third kappa shape index (κ3) is 9.65. The van der Waals surface area contributed by atoms with Gasteiger partial charge < -0.3 is 10.2 Å². The van der Waals surface area contributed by atoms with Crippen molar-refractivity contribution in [2.75, 3.05) is 26.7 Å². The number of hydrogen-bond acceptors (Lipinski definition) is 2. The van der Waals surface area contributed by atoms with E-state index in [0.717, 1.165) is 19.0 Å². The molecule has 1 N–H and O–H groups in total. The second-order valence-electron chi connectivity index (χ2n) is 6.74. The number of benzene rings is 1. The Morgan fingerprint density at radius 2 is 1.86 bits per heavy atom. The molecule has 0 fully saturated rings. The van der Waals surface area contributed by atoms with Gasteiger partial charge in [-0.15, -0.1) is 0 Å². The molecular formula is C19H34N2. The summed E-state index contributed by atoms with van der Waals surface area (Å²) < 4.78 is 0. The number of aryl methyl sites for hydroxylation is 1. The van der Waals surface area contributed by atoms with Gasteiger partial charge in [-0.1, -0.05) is 56.5 Å². The number of nitrogens with zero attached hydrogens (tertiary/aromatic N) is 1. The molecule has 0 spiro atoms. The molecule has 21 heavy (non-hydrogen) atoms. The number of unbranched alkanes of at least 4 members (excludes halogenated alkanes) is 3. The minimum atomic E-state index is 0.764. The summed E-state index contributed by atoms with van der Waals surface area (Å²) in [6.45, 7) is 11.3. The van der Waals surface area contributed by atoms with Crippen LogP contribution in [-0.2, 0) is 6.54 Å². The quantitative estimate of drug-likeness (QED) is 0.613. The van der Waals surface area contributed by atoms with Crippen molar-refractivity contribution in [3.05, 3.63) is 35.4 Å². The predicted octanol–water partition coefficient (Wildman–Crippen LogP) is 4.23. The van der Waals surface area contributed by atoms with Gasteiger partial charge >= 0.3 is 0 Å². The summed E-state index contributed by atoms with van der Waals surface area (Å²) in [5.74, 6) is 0.764. The van der Waals surface area contributed by atoms with E-state index in [2.05, 4.69) is 62.3 Å². The maximum Gasteiger partial charge on any atom is 0.0230 e. The molecule has 0 saturated carbocycles. The highest BCUT2D eigenvalue weighted by molar-refractivity contribution is 5.21. The number of nitrogens with one attached hydrogen (secondary N) is 1. The van der Waals surface area contributed by atoms with Crippen LogP contribution < -0.4 is 5.32 Å². The van der Waals surface area contributed by atoms with Gasteiger partial charge in [-0.05, 0) is 57.9 Å². The van der Waals surface area contributed by atoms with Crippen LogP contribution in [0.15, 0.2) is 24.3 Å². The highest BCUT2D eigenvalue weighted by Crippen LogP contribution is 2.08. The first-order chi connectivity index (χ1) is 10.1. The molecule has 0 aromatic heterocycles. The maximum absolute atomic E-state index is 3.51. The Labute approximate surface area is 131 Å². The molecule has 0 heterocycles. The lowest BCUT2D eigenvalue weighted by molar-refractivity contribution is 0.316. The Balaban J connectivity index is 2.00. The minimum absolute atomic E-state index is 0.764. The van der Waals surface area contributed by atoms with E-state index >= 15 is 0 Å². The molecule has 0 aliphatic carbocycles. The summed E-state index contributed by atoms with van der Waals surface area (Å²) in [4.78, 5) is 2.44. The molecule has 120 valence electrons. The van der Waals surface area contributed by atoms with Gasteiger partial charge in [0.05, 0.1) is 0 Å². The topological polar surface area (TPSA) is 15.3 Å². The monoisotopic (exact) mass is 290 g/mol. The van der Waals surface area contributed by atoms with Gasteiger partial charge in [0.2, 0.25) is 0 Å². The zero-order valence-electron chi connectivity index (χ0n) is 14.5. The lowest BCUT2D eigenvalue weighted by Gasteiger charge is -2.17. The van der Waals surface area contributed by atoms with Crippen LogP contribution in [0.4, 0.5) is 0 Å². The highest BCUT2D eigenvalue weighted by Gasteiger charge is 2.00. The van der Waals surface area contributed by atoms with E-state index in [-0.39, 0.29) is 0 Å². The second-order valence-corrected chi connectivity index (χ2v) is 6.74. The van der Waals surface area contributed by atoms with Crippen molar-refractivity contribution >= 4 is 0 Å². The molecule has 1 aromatic carbocycles. The molecule has 1 aromatic rings. The molecule has 0 radical (unpaired) electrons. The summed E-state index contributed by atoms with van der Waals surface area (Å²) in [7, 11) is 2.23. The van der Waals surface area contributed by atoms with E-state index in [4.69, 9.17) is 0 Å². The summed E-state index contributed by atoms with van der Waals surface area (Å²) in [6, 6.07) is 8.83. The molecule has 0 aliphatic heterocycles. The summed E-state index contributed by atoms with van der Waals surface area (Å²) in [5.41, 5.74) is 2.78. The van der Waals surface area contributed by atoms with Crippen LogP contribution in [0.25, 0.3) is 0 Å². The Morgan fingerprint density at radius 3 is 2.57 bits per heavy atom. The SMILES string of the molecule is Cc1cccc(CN(C)CCCCCCNCC(C)C)c1. The van der Waals surface area contributed by atoms with E-state index in [1.165, 1.54) is 49.9 Å². The molecule has 0 aliphatic rings. The van der Waals surface area contributed by atoms with Gasteiger partial charge in [0.25, 0.3) is 0 Å². The van der Waals surface area contributed by atoms with Crippen LogP contribution in [0.3, 0.4) is 0 Å². The van der Waals surface area contributed by atoms with Crippen molar-refractivity contribution in [2.45, 2.75) is 53.0 Å². The fourth-order valence-electron chi connectivity index (χ4n) is 2.58. The Morgan fingerprint density at radius 1 is 1.10 bits per heavy atom. The largest absolute Gasteiger partial charge is 0.316 e. The van der Waals surface area contributed by atoms with Gasteiger partial charge in [-0.25, -0.2) is 0 Å². The summed E-state index contributed by atoms with van der Waals surface area (Å²) in [5, 5.41) is 3.51. The second kappa shape index (κ2) is 10.8. The number of rotatable bonds is 11. The average Bonchev–Trinajstić information content (AvgIpc) is 2.41. The van der Waals surface area contributed by atoms with Crippen LogP contribution in [-0.4, -0.2) is 31.6 Å². The smallest absolute Gasteiger partial charge is 0.0230 e. The molecule has 1 rings (SSSR count). The molecule has 2 heteroatoms.